The SMILES string of the molecule is CC(c1ccccc1)N1CCC2(CC1CO)OCCO2. The molecular formula is C16H23NO3. The van der Waals surface area contributed by atoms with Crippen molar-refractivity contribution in [1.29, 1.82) is 0 Å². The molecule has 1 aromatic rings. The highest BCUT2D eigenvalue weighted by molar-refractivity contribution is 5.19. The maximum Gasteiger partial charge on any atom is 0.171 e. The first-order valence-electron chi connectivity index (χ1n) is 7.43. The van der Waals surface area contributed by atoms with Gasteiger partial charge in [0.25, 0.3) is 0 Å². The molecule has 0 saturated carbocycles. The minimum atomic E-state index is -0.444. The van der Waals surface area contributed by atoms with Crippen LogP contribution in [0.15, 0.2) is 30.3 Å². The molecule has 0 radical (unpaired) electrons. The highest BCUT2D eigenvalue weighted by Crippen LogP contribution is 2.37. The Morgan fingerprint density at radius 1 is 1.30 bits per heavy atom. The summed E-state index contributed by atoms with van der Waals surface area (Å²) in [6.45, 7) is 4.58. The molecule has 2 aliphatic heterocycles. The number of aliphatic hydroxyl groups excluding tert-OH is 1. The Balaban J connectivity index is 1.74. The third kappa shape index (κ3) is 2.61. The normalized spacial score (nSPS) is 27.8. The molecule has 110 valence electrons. The van der Waals surface area contributed by atoms with Gasteiger partial charge >= 0.3 is 0 Å². The topological polar surface area (TPSA) is 41.9 Å². The largest absolute Gasteiger partial charge is 0.395 e. The van der Waals surface area contributed by atoms with Crippen LogP contribution < -0.4 is 0 Å². The summed E-state index contributed by atoms with van der Waals surface area (Å²) in [4.78, 5) is 2.37. The zero-order valence-corrected chi connectivity index (χ0v) is 12.0. The molecule has 2 unspecified atom stereocenters. The Bertz CT molecular complexity index is 431. The number of aliphatic hydroxyl groups is 1. The van der Waals surface area contributed by atoms with E-state index in [0.29, 0.717) is 19.3 Å². The first kappa shape index (κ1) is 14.0. The molecule has 4 heteroatoms. The summed E-state index contributed by atoms with van der Waals surface area (Å²) in [5.41, 5.74) is 1.29. The fourth-order valence-corrected chi connectivity index (χ4v) is 3.42. The molecule has 0 amide bonds. The number of likely N-dealkylation sites (tertiary alicyclic amines) is 1. The van der Waals surface area contributed by atoms with Gasteiger partial charge in [0, 0.05) is 31.5 Å². The van der Waals surface area contributed by atoms with Gasteiger partial charge in [0.2, 0.25) is 0 Å². The Hall–Kier alpha value is -0.940. The van der Waals surface area contributed by atoms with E-state index < -0.39 is 5.79 Å². The molecule has 2 saturated heterocycles. The summed E-state index contributed by atoms with van der Waals surface area (Å²) in [6.07, 6.45) is 1.63. The molecular weight excluding hydrogens is 254 g/mol. The van der Waals surface area contributed by atoms with E-state index in [4.69, 9.17) is 9.47 Å². The number of piperidine rings is 1. The zero-order valence-electron chi connectivity index (χ0n) is 12.0. The number of hydrogen-bond acceptors (Lipinski definition) is 4. The van der Waals surface area contributed by atoms with Crippen LogP contribution in [0.3, 0.4) is 0 Å². The molecule has 0 aromatic heterocycles. The second-order valence-electron chi connectivity index (χ2n) is 5.72. The van der Waals surface area contributed by atoms with Crippen molar-refractivity contribution in [2.24, 2.45) is 0 Å². The van der Waals surface area contributed by atoms with Crippen molar-refractivity contribution < 1.29 is 14.6 Å². The van der Waals surface area contributed by atoms with Crippen LogP contribution in [0.5, 0.6) is 0 Å². The van der Waals surface area contributed by atoms with Crippen molar-refractivity contribution in [2.45, 2.75) is 37.6 Å². The van der Waals surface area contributed by atoms with Crippen LogP contribution in [0.1, 0.15) is 31.4 Å². The van der Waals surface area contributed by atoms with Crippen molar-refractivity contribution in [3.8, 4) is 0 Å². The number of rotatable bonds is 3. The summed E-state index contributed by atoms with van der Waals surface area (Å²) in [6, 6.07) is 10.8. The summed E-state index contributed by atoms with van der Waals surface area (Å²) in [5, 5.41) is 9.75. The lowest BCUT2D eigenvalue weighted by atomic mass is 9.93. The van der Waals surface area contributed by atoms with Crippen LogP contribution in [0.2, 0.25) is 0 Å². The molecule has 1 N–H and O–H groups in total. The van der Waals surface area contributed by atoms with Crippen LogP contribution in [0, 0.1) is 0 Å². The van der Waals surface area contributed by atoms with E-state index in [1.165, 1.54) is 5.56 Å². The van der Waals surface area contributed by atoms with E-state index in [-0.39, 0.29) is 12.6 Å². The molecule has 3 rings (SSSR count). The average molecular weight is 277 g/mol. The first-order chi connectivity index (χ1) is 9.74. The number of hydrogen-bond donors (Lipinski definition) is 1. The van der Waals surface area contributed by atoms with Gasteiger partial charge < -0.3 is 14.6 Å². The van der Waals surface area contributed by atoms with E-state index in [0.717, 1.165) is 19.4 Å². The molecule has 4 nitrogen and oxygen atoms in total. The Labute approximate surface area is 120 Å². The fourth-order valence-electron chi connectivity index (χ4n) is 3.42. The van der Waals surface area contributed by atoms with E-state index in [9.17, 15) is 5.11 Å². The van der Waals surface area contributed by atoms with E-state index in [1.807, 2.05) is 6.07 Å². The van der Waals surface area contributed by atoms with Crippen molar-refractivity contribution in [1.82, 2.24) is 4.90 Å². The summed E-state index contributed by atoms with van der Waals surface area (Å²) < 4.78 is 11.6. The van der Waals surface area contributed by atoms with Gasteiger partial charge in [0.1, 0.15) is 0 Å². The van der Waals surface area contributed by atoms with E-state index >= 15 is 0 Å². The van der Waals surface area contributed by atoms with Gasteiger partial charge in [-0.3, -0.25) is 4.90 Å². The molecule has 0 bridgehead atoms. The van der Waals surface area contributed by atoms with Crippen LogP contribution in [-0.4, -0.2) is 48.2 Å². The van der Waals surface area contributed by atoms with Gasteiger partial charge in [0.15, 0.2) is 5.79 Å². The van der Waals surface area contributed by atoms with Crippen molar-refractivity contribution in [2.75, 3.05) is 26.4 Å². The second-order valence-corrected chi connectivity index (χ2v) is 5.72. The molecule has 20 heavy (non-hydrogen) atoms. The predicted molar refractivity (Wildman–Crippen MR) is 76.3 cm³/mol. The number of ether oxygens (including phenoxy) is 2. The summed E-state index contributed by atoms with van der Waals surface area (Å²) >= 11 is 0. The first-order valence-corrected chi connectivity index (χ1v) is 7.43. The van der Waals surface area contributed by atoms with Crippen LogP contribution in [-0.2, 0) is 9.47 Å². The lowest BCUT2D eigenvalue weighted by Crippen LogP contribution is -2.53. The molecule has 2 heterocycles. The van der Waals surface area contributed by atoms with Crippen LogP contribution in [0.4, 0.5) is 0 Å². The minimum absolute atomic E-state index is 0.0945. The smallest absolute Gasteiger partial charge is 0.171 e. The van der Waals surface area contributed by atoms with Gasteiger partial charge in [-0.15, -0.1) is 0 Å². The fraction of sp³-hybridized carbons (Fsp3) is 0.625. The van der Waals surface area contributed by atoms with Gasteiger partial charge in [-0.2, -0.15) is 0 Å². The van der Waals surface area contributed by atoms with E-state index in [2.05, 4.69) is 36.1 Å². The molecule has 2 fully saturated rings. The van der Waals surface area contributed by atoms with Crippen molar-refractivity contribution in [3.05, 3.63) is 35.9 Å². The Morgan fingerprint density at radius 2 is 2.00 bits per heavy atom. The zero-order chi connectivity index (χ0) is 14.0. The monoisotopic (exact) mass is 277 g/mol. The Kier molecular flexibility index (Phi) is 4.08. The summed E-state index contributed by atoms with van der Waals surface area (Å²) in [7, 11) is 0. The third-order valence-electron chi connectivity index (χ3n) is 4.57. The number of nitrogens with zero attached hydrogens (tertiary/aromatic N) is 1. The third-order valence-corrected chi connectivity index (χ3v) is 4.57. The molecule has 2 atom stereocenters. The minimum Gasteiger partial charge on any atom is -0.395 e. The molecule has 1 spiro atoms. The van der Waals surface area contributed by atoms with Gasteiger partial charge in [-0.1, -0.05) is 30.3 Å². The van der Waals surface area contributed by atoms with Gasteiger partial charge in [-0.25, -0.2) is 0 Å². The highest BCUT2D eigenvalue weighted by Gasteiger charge is 2.45. The Morgan fingerprint density at radius 3 is 2.65 bits per heavy atom. The van der Waals surface area contributed by atoms with E-state index in [1.54, 1.807) is 0 Å². The van der Waals surface area contributed by atoms with Crippen molar-refractivity contribution in [3.63, 3.8) is 0 Å². The quantitative estimate of drug-likeness (QED) is 0.917. The molecule has 0 aliphatic carbocycles. The lowest BCUT2D eigenvalue weighted by Gasteiger charge is -2.45. The standard InChI is InChI=1S/C16H23NO3/c1-13(14-5-3-2-4-6-14)17-8-7-16(11-15(17)12-18)19-9-10-20-16/h2-6,13,15,18H,7-12H2,1H3. The van der Waals surface area contributed by atoms with Gasteiger partial charge in [0.05, 0.1) is 19.8 Å². The maximum atomic E-state index is 9.75. The molecule has 1 aromatic carbocycles. The van der Waals surface area contributed by atoms with Crippen molar-refractivity contribution >= 4 is 0 Å². The van der Waals surface area contributed by atoms with Crippen LogP contribution in [0.25, 0.3) is 0 Å². The number of benzene rings is 1. The van der Waals surface area contributed by atoms with Crippen LogP contribution >= 0.6 is 0 Å². The maximum absolute atomic E-state index is 9.75. The summed E-state index contributed by atoms with van der Waals surface area (Å²) in [5.74, 6) is -0.444. The lowest BCUT2D eigenvalue weighted by molar-refractivity contribution is -0.203. The second kappa shape index (κ2) is 5.82. The predicted octanol–water partition coefficient (Wildman–Crippen LogP) is 1.95. The highest BCUT2D eigenvalue weighted by atomic mass is 16.7. The molecule has 2 aliphatic rings. The van der Waals surface area contributed by atoms with Gasteiger partial charge in [-0.05, 0) is 12.5 Å². The average Bonchev–Trinajstić information content (AvgIpc) is 2.95.